The summed E-state index contributed by atoms with van der Waals surface area (Å²) in [4.78, 5) is 0. The quantitative estimate of drug-likeness (QED) is 0.855. The number of aliphatic hydroxyl groups is 1. The molecule has 2 aromatic rings. The third-order valence-electron chi connectivity index (χ3n) is 2.60. The van der Waals surface area contributed by atoms with Gasteiger partial charge in [-0.3, -0.25) is 0 Å². The number of nitrogens with zero attached hydrogens (tertiary/aromatic N) is 2. The minimum Gasteiger partial charge on any atom is -0.389 e. The van der Waals surface area contributed by atoms with Crippen LogP contribution < -0.4 is 0 Å². The number of halogens is 4. The van der Waals surface area contributed by atoms with Crippen molar-refractivity contribution in [3.8, 4) is 5.69 Å². The number of aliphatic hydroxyl groups excluding tert-OH is 1. The van der Waals surface area contributed by atoms with E-state index < -0.39 is 23.7 Å². The van der Waals surface area contributed by atoms with Crippen molar-refractivity contribution in [2.75, 3.05) is 0 Å². The molecule has 0 saturated heterocycles. The van der Waals surface area contributed by atoms with Crippen molar-refractivity contribution in [2.24, 2.45) is 0 Å². The minimum absolute atomic E-state index is 0.0745. The molecule has 102 valence electrons. The summed E-state index contributed by atoms with van der Waals surface area (Å²) >= 11 is 0. The maximum absolute atomic E-state index is 13.6. The fraction of sp³-hybridized carbons (Fsp3) is 0.250. The molecule has 2 rings (SSSR count). The molecule has 0 aliphatic carbocycles. The van der Waals surface area contributed by atoms with Crippen molar-refractivity contribution in [2.45, 2.75) is 19.2 Å². The third kappa shape index (κ3) is 2.60. The van der Waals surface area contributed by atoms with Crippen LogP contribution in [0.2, 0.25) is 0 Å². The first-order valence-electron chi connectivity index (χ1n) is 5.39. The van der Waals surface area contributed by atoms with Crippen LogP contribution in [0.15, 0.2) is 30.6 Å². The van der Waals surface area contributed by atoms with Crippen molar-refractivity contribution in [1.29, 1.82) is 0 Å². The van der Waals surface area contributed by atoms with Crippen LogP contribution in [-0.2, 0) is 6.18 Å². The zero-order chi connectivity index (χ0) is 14.2. The van der Waals surface area contributed by atoms with E-state index in [0.717, 1.165) is 16.9 Å². The summed E-state index contributed by atoms with van der Waals surface area (Å²) in [5.74, 6) is -0.698. The van der Waals surface area contributed by atoms with Gasteiger partial charge in [-0.2, -0.15) is 18.3 Å². The number of rotatable bonds is 2. The number of benzene rings is 1. The SMILES string of the molecule is C[C@H](O)c1c(F)cccc1-n1cc(C(F)(F)F)cn1. The molecule has 0 amide bonds. The predicted molar refractivity (Wildman–Crippen MR) is 59.2 cm³/mol. The summed E-state index contributed by atoms with van der Waals surface area (Å²) < 4.78 is 51.9. The van der Waals surface area contributed by atoms with Crippen molar-refractivity contribution in [1.82, 2.24) is 9.78 Å². The lowest BCUT2D eigenvalue weighted by molar-refractivity contribution is -0.137. The van der Waals surface area contributed by atoms with Gasteiger partial charge in [0.1, 0.15) is 5.82 Å². The Labute approximate surface area is 106 Å². The highest BCUT2D eigenvalue weighted by Crippen LogP contribution is 2.30. The largest absolute Gasteiger partial charge is 0.419 e. The smallest absolute Gasteiger partial charge is 0.389 e. The summed E-state index contributed by atoms with van der Waals surface area (Å²) in [7, 11) is 0. The van der Waals surface area contributed by atoms with Gasteiger partial charge in [0, 0.05) is 11.8 Å². The Bertz CT molecular complexity index is 590. The first-order chi connectivity index (χ1) is 8.80. The summed E-state index contributed by atoms with van der Waals surface area (Å²) in [6.07, 6.45) is -4.27. The highest BCUT2D eigenvalue weighted by atomic mass is 19.4. The van der Waals surface area contributed by atoms with Crippen molar-refractivity contribution in [3.05, 3.63) is 47.5 Å². The first-order valence-corrected chi connectivity index (χ1v) is 5.39. The molecule has 1 heterocycles. The number of hydrogen-bond acceptors (Lipinski definition) is 2. The van der Waals surface area contributed by atoms with Crippen LogP contribution in [0.5, 0.6) is 0 Å². The van der Waals surface area contributed by atoms with Gasteiger partial charge in [0.25, 0.3) is 0 Å². The topological polar surface area (TPSA) is 38.0 Å². The van der Waals surface area contributed by atoms with Gasteiger partial charge in [-0.1, -0.05) is 6.07 Å². The maximum atomic E-state index is 13.6. The average Bonchev–Trinajstić information content (AvgIpc) is 2.76. The second-order valence-electron chi connectivity index (χ2n) is 4.02. The van der Waals surface area contributed by atoms with E-state index in [1.54, 1.807) is 0 Å². The zero-order valence-electron chi connectivity index (χ0n) is 9.82. The molecule has 7 heteroatoms. The second-order valence-corrected chi connectivity index (χ2v) is 4.02. The van der Waals surface area contributed by atoms with Gasteiger partial charge in [0.2, 0.25) is 0 Å². The lowest BCUT2D eigenvalue weighted by atomic mass is 10.1. The van der Waals surface area contributed by atoms with Crippen LogP contribution in [-0.4, -0.2) is 14.9 Å². The third-order valence-corrected chi connectivity index (χ3v) is 2.60. The molecule has 0 radical (unpaired) electrons. The fourth-order valence-electron chi connectivity index (χ4n) is 1.74. The van der Waals surface area contributed by atoms with E-state index in [4.69, 9.17) is 0 Å². The molecule has 0 saturated carbocycles. The van der Waals surface area contributed by atoms with Crippen LogP contribution in [0.3, 0.4) is 0 Å². The Morgan fingerprint density at radius 1 is 1.32 bits per heavy atom. The molecule has 0 aliphatic heterocycles. The predicted octanol–water partition coefficient (Wildman–Crippen LogP) is 3.08. The number of alkyl halides is 3. The van der Waals surface area contributed by atoms with Gasteiger partial charge in [-0.05, 0) is 19.1 Å². The van der Waals surface area contributed by atoms with E-state index in [-0.39, 0.29) is 11.3 Å². The van der Waals surface area contributed by atoms with Crippen molar-refractivity contribution in [3.63, 3.8) is 0 Å². The van der Waals surface area contributed by atoms with E-state index in [0.29, 0.717) is 6.20 Å². The molecule has 1 atom stereocenters. The van der Waals surface area contributed by atoms with Gasteiger partial charge < -0.3 is 5.11 Å². The Morgan fingerprint density at radius 2 is 2.00 bits per heavy atom. The van der Waals surface area contributed by atoms with E-state index in [2.05, 4.69) is 5.10 Å². The molecular weight excluding hydrogens is 264 g/mol. The molecule has 0 bridgehead atoms. The monoisotopic (exact) mass is 274 g/mol. The molecule has 0 spiro atoms. The van der Waals surface area contributed by atoms with Crippen LogP contribution in [0.25, 0.3) is 5.69 Å². The number of aromatic nitrogens is 2. The highest BCUT2D eigenvalue weighted by Gasteiger charge is 2.32. The second kappa shape index (κ2) is 4.65. The van der Waals surface area contributed by atoms with Gasteiger partial charge in [0.15, 0.2) is 0 Å². The lowest BCUT2D eigenvalue weighted by Crippen LogP contribution is -2.06. The molecule has 1 aromatic heterocycles. The minimum atomic E-state index is -4.52. The Morgan fingerprint density at radius 3 is 2.53 bits per heavy atom. The summed E-state index contributed by atoms with van der Waals surface area (Å²) in [6.45, 7) is 1.33. The van der Waals surface area contributed by atoms with Crippen LogP contribution >= 0.6 is 0 Å². The molecule has 0 fully saturated rings. The van der Waals surface area contributed by atoms with Gasteiger partial charge in [0.05, 0.1) is 23.6 Å². The molecule has 1 aromatic carbocycles. The normalized spacial score (nSPS) is 13.6. The van der Waals surface area contributed by atoms with Crippen molar-refractivity contribution >= 4 is 0 Å². The molecule has 1 N–H and O–H groups in total. The summed E-state index contributed by atoms with van der Waals surface area (Å²) in [6, 6.07) is 3.85. The van der Waals surface area contributed by atoms with Gasteiger partial charge in [-0.25, -0.2) is 9.07 Å². The summed E-state index contributed by atoms with van der Waals surface area (Å²) in [5, 5.41) is 13.1. The Kier molecular flexibility index (Phi) is 3.32. The van der Waals surface area contributed by atoms with E-state index >= 15 is 0 Å². The first kappa shape index (κ1) is 13.5. The molecule has 3 nitrogen and oxygen atoms in total. The van der Waals surface area contributed by atoms with Crippen LogP contribution in [0.1, 0.15) is 24.2 Å². The highest BCUT2D eigenvalue weighted by molar-refractivity contribution is 5.43. The van der Waals surface area contributed by atoms with Gasteiger partial charge in [-0.15, -0.1) is 0 Å². The zero-order valence-corrected chi connectivity index (χ0v) is 9.82. The van der Waals surface area contributed by atoms with E-state index in [1.165, 1.54) is 19.1 Å². The Hall–Kier alpha value is -1.89. The Balaban J connectivity index is 2.54. The maximum Gasteiger partial charge on any atom is 0.419 e. The number of hydrogen-bond donors (Lipinski definition) is 1. The van der Waals surface area contributed by atoms with Crippen LogP contribution in [0, 0.1) is 5.82 Å². The average molecular weight is 274 g/mol. The molecule has 0 unspecified atom stereocenters. The molecule has 0 aliphatic rings. The summed E-state index contributed by atoms with van der Waals surface area (Å²) in [5.41, 5.74) is -0.960. The molecule has 19 heavy (non-hydrogen) atoms. The standard InChI is InChI=1S/C12H10F4N2O/c1-7(19)11-9(13)3-2-4-10(11)18-6-8(5-17-18)12(14,15)16/h2-7,19H,1H3/t7-/m0/s1. The van der Waals surface area contributed by atoms with E-state index in [9.17, 15) is 22.7 Å². The van der Waals surface area contributed by atoms with Crippen LogP contribution in [0.4, 0.5) is 17.6 Å². The van der Waals surface area contributed by atoms with Gasteiger partial charge >= 0.3 is 6.18 Å². The fourth-order valence-corrected chi connectivity index (χ4v) is 1.74. The lowest BCUT2D eigenvalue weighted by Gasteiger charge is -2.12. The van der Waals surface area contributed by atoms with E-state index in [1.807, 2.05) is 0 Å². The molecular formula is C12H10F4N2O. The van der Waals surface area contributed by atoms with Crippen molar-refractivity contribution < 1.29 is 22.7 Å².